The van der Waals surface area contributed by atoms with Gasteiger partial charge in [-0.15, -0.1) is 0 Å². The molecule has 5 N–H and O–H groups in total. The minimum absolute atomic E-state index is 0.0458. The molecular weight excluding hydrogens is 1680 g/mol. The number of hydrogen-bond donors (Lipinski definition) is 5. The molecule has 4 aliphatic heterocycles. The monoisotopic (exact) mass is 1830 g/mol. The molecule has 5 amide bonds. The predicted octanol–water partition coefficient (Wildman–Crippen LogP) is 18.0. The Hall–Kier alpha value is -9.51. The fourth-order valence-electron chi connectivity index (χ4n) is 20.9. The van der Waals surface area contributed by atoms with E-state index in [4.69, 9.17) is 52.9 Å². The second-order valence-corrected chi connectivity index (χ2v) is 38.0. The van der Waals surface area contributed by atoms with E-state index in [1.54, 1.807) is 14.2 Å². The number of aromatic hydroxyl groups is 2. The number of fused-ring (bicyclic) bond motifs is 4. The van der Waals surface area contributed by atoms with E-state index < -0.39 is 19.2 Å². The standard InChI is InChI=1S/C32H42N2O4.C24H36N2O2.C23H36N2O2.C23H34N2O2.C8H4.B8/c1-4-33(5-2)30(35)14-10-9-13-26-22-32(23-27-15-16-28(37-3)21-29(26)27)17-19-34(20-18-32)31(36)38-24-25-11-7-6-8-12-25;1-4-26(5-2)23(27)9-7-6-8-19-17-24(12-14-25-15-13-24)18-20-10-11-21(28-3)16-22(19)20;2*1-3-25(4-2)22(27)8-6-5-7-18-16-23(11-13-24-14-12-23)17-19-9-10-20(26)15-21(18)19;1-3-5-7-8-6-4-2;1-6(2)8(5)7(3)4/h6-8,11-12,15-16,21-22H,4-5,9-10,13-14,17-20,23-24H2,1-3H3;10-11,16-17,25H,4-9,12-15,18H2,1-3H3;9-10,15,18,24,26H,3-8,11-14,16-17H2,1-2H3;9-10,15-16,24,26H,3-8,11-14,17H2,1-2H3;1-2H2;. The van der Waals surface area contributed by atoms with Gasteiger partial charge in [0.2, 0.25) is 23.6 Å². The van der Waals surface area contributed by atoms with Crippen LogP contribution in [0.5, 0.6) is 23.0 Å². The lowest BCUT2D eigenvalue weighted by Gasteiger charge is -2.45. The molecule has 0 bridgehead atoms. The van der Waals surface area contributed by atoms with Gasteiger partial charge in [0.1, 0.15) is 29.6 Å². The molecule has 0 saturated carbocycles. The molecule has 0 aromatic heterocycles. The Bertz CT molecular complexity index is 4910. The van der Waals surface area contributed by atoms with Gasteiger partial charge in [-0.2, -0.15) is 0 Å². The van der Waals surface area contributed by atoms with Crippen LogP contribution in [0.3, 0.4) is 0 Å². The maximum absolute atomic E-state index is 12.7. The molecule has 4 aliphatic carbocycles. The molecule has 4 heterocycles. The van der Waals surface area contributed by atoms with Gasteiger partial charge in [0, 0.05) is 149 Å². The summed E-state index contributed by atoms with van der Waals surface area (Å²) < 4.78 is 16.6. The number of likely N-dealkylation sites (tertiary alicyclic amines) is 1. The zero-order valence-electron chi connectivity index (χ0n) is 84.1. The molecule has 1 atom stereocenters. The third-order valence-corrected chi connectivity index (χ3v) is 28.9. The summed E-state index contributed by atoms with van der Waals surface area (Å²) in [6.07, 6.45) is 34.8. The fourth-order valence-corrected chi connectivity index (χ4v) is 20.9. The van der Waals surface area contributed by atoms with Crippen molar-refractivity contribution >= 4 is 104 Å². The third kappa shape index (κ3) is 34.5. The molecule has 10 radical (unpaired) electrons. The minimum Gasteiger partial charge on any atom is -0.508 e. The van der Waals surface area contributed by atoms with Gasteiger partial charge in [0.15, 0.2) is 0 Å². The molecule has 1 unspecified atom stereocenters. The molecule has 13 rings (SSSR count). The molecule has 8 aliphatic rings. The van der Waals surface area contributed by atoms with Gasteiger partial charge in [-0.3, -0.25) is 19.2 Å². The highest BCUT2D eigenvalue weighted by Gasteiger charge is 2.42. The number of rotatable bonds is 34. The lowest BCUT2D eigenvalue weighted by Crippen LogP contribution is -2.52. The van der Waals surface area contributed by atoms with E-state index in [-0.39, 0.29) is 34.6 Å². The number of unbranched alkanes of at least 4 members (excludes halogenated alkanes) is 4. The number of allylic oxidation sites excluding steroid dienone is 6. The molecule has 136 heavy (non-hydrogen) atoms. The number of carbonyl (C=O) groups is 5. The Morgan fingerprint density at radius 1 is 0.441 bits per heavy atom. The second kappa shape index (κ2) is 58.4. The van der Waals surface area contributed by atoms with Crippen molar-refractivity contribution in [1.29, 1.82) is 0 Å². The SMILES string of the molecule is C=C=C=C=C=C=C=C.CCN(CC)C(=O)CCCCC1=CC2(CCN(C(=O)OCc3ccccc3)CC2)Cc2ccc(OC)cc21.CCN(CC)C(=O)CCCCC1=CC2(CCNCC2)Cc2ccc(O)cc21.CCN(CC)C(=O)CCCCC1=CC2(CCNCC2)Cc2ccc(OC)cc21.CCN(CC)C(=O)CCCCC1CC2(CCNCC2)Cc2ccc(O)cc21.[B]B([B])B([B])B([B])[B]. The number of piperidine rings is 4. The highest BCUT2D eigenvalue weighted by atomic mass is 16.6. The number of carbonyl (C=O) groups excluding carboxylic acids is 5. The first kappa shape index (κ1) is 112. The molecule has 4 saturated heterocycles. The van der Waals surface area contributed by atoms with Crippen molar-refractivity contribution in [3.63, 3.8) is 0 Å². The summed E-state index contributed by atoms with van der Waals surface area (Å²) in [7, 11) is 29.2. The van der Waals surface area contributed by atoms with Gasteiger partial charge in [0.05, 0.1) is 14.2 Å². The number of benzene rings is 5. The van der Waals surface area contributed by atoms with Crippen LogP contribution in [-0.2, 0) is 56.2 Å². The van der Waals surface area contributed by atoms with Crippen molar-refractivity contribution < 1.29 is 48.4 Å². The highest BCUT2D eigenvalue weighted by Crippen LogP contribution is 2.52. The van der Waals surface area contributed by atoms with Gasteiger partial charge in [-0.25, -0.2) is 4.79 Å². The lowest BCUT2D eigenvalue weighted by atomic mass is 8.68. The summed E-state index contributed by atoms with van der Waals surface area (Å²) in [5.41, 5.74) is 31.5. The summed E-state index contributed by atoms with van der Waals surface area (Å²) in [6.45, 7) is 37.5. The van der Waals surface area contributed by atoms with Crippen LogP contribution >= 0.6 is 0 Å². The molecule has 4 spiro atoms. The summed E-state index contributed by atoms with van der Waals surface area (Å²) >= 11 is 0. The number of phenolic OH excluding ortho intramolecular Hbond substituents is 2. The Morgan fingerprint density at radius 2 is 0.801 bits per heavy atom. The number of methoxy groups -OCH3 is 2. The largest absolute Gasteiger partial charge is 0.508 e. The van der Waals surface area contributed by atoms with Crippen LogP contribution in [0.1, 0.15) is 272 Å². The number of amides is 5. The van der Waals surface area contributed by atoms with E-state index in [0.29, 0.717) is 79.5 Å². The normalized spacial score (nSPS) is 16.6. The zero-order valence-corrected chi connectivity index (χ0v) is 84.1. The Labute approximate surface area is 824 Å². The van der Waals surface area contributed by atoms with Gasteiger partial charge in [0.25, 0.3) is 0 Å². The Balaban J connectivity index is 0.000000213. The third-order valence-electron chi connectivity index (χ3n) is 28.9. The summed E-state index contributed by atoms with van der Waals surface area (Å²) in [6, 6.07) is 34.6. The number of nitrogens with zero attached hydrogens (tertiary/aromatic N) is 5. The smallest absolute Gasteiger partial charge is 0.410 e. The van der Waals surface area contributed by atoms with Crippen molar-refractivity contribution in [2.75, 3.05) is 119 Å². The van der Waals surface area contributed by atoms with E-state index in [2.05, 4.69) is 138 Å². The quantitative estimate of drug-likeness (QED) is 0.0148. The fraction of sp³-hybridized carbons (Fsp3) is 0.555. The van der Waals surface area contributed by atoms with E-state index in [9.17, 15) is 34.2 Å². The maximum Gasteiger partial charge on any atom is 0.410 e. The highest BCUT2D eigenvalue weighted by molar-refractivity contribution is 7.89. The Kier molecular flexibility index (Phi) is 48.0. The van der Waals surface area contributed by atoms with Gasteiger partial charge < -0.3 is 64.9 Å². The first-order valence-corrected chi connectivity index (χ1v) is 50.8. The lowest BCUT2D eigenvalue weighted by molar-refractivity contribution is -0.131. The molecule has 18 nitrogen and oxygen atoms in total. The second-order valence-electron chi connectivity index (χ2n) is 38.0. The minimum atomic E-state index is -0.630. The van der Waals surface area contributed by atoms with Crippen LogP contribution in [0, 0.1) is 21.7 Å². The van der Waals surface area contributed by atoms with Crippen LogP contribution < -0.4 is 25.4 Å². The van der Waals surface area contributed by atoms with E-state index in [1.165, 1.54) is 106 Å². The molecule has 4 fully saturated rings. The van der Waals surface area contributed by atoms with E-state index in [0.717, 1.165) is 224 Å². The van der Waals surface area contributed by atoms with E-state index in [1.807, 2.05) is 127 Å². The van der Waals surface area contributed by atoms with Gasteiger partial charge >= 0.3 is 6.09 Å². The van der Waals surface area contributed by atoms with Crippen molar-refractivity contribution in [2.24, 2.45) is 21.7 Å². The zero-order chi connectivity index (χ0) is 98.5. The van der Waals surface area contributed by atoms with Crippen LogP contribution in [0.2, 0.25) is 0 Å². The molecule has 5 aromatic rings. The number of nitrogens with one attached hydrogen (secondary N) is 3. The van der Waals surface area contributed by atoms with Crippen molar-refractivity contribution in [3.05, 3.63) is 219 Å². The first-order valence-electron chi connectivity index (χ1n) is 50.8. The average Bonchev–Trinajstić information content (AvgIpc) is 0.782. The van der Waals surface area contributed by atoms with Gasteiger partial charge in [-0.1, -0.05) is 90.7 Å². The number of hydrogen-bond acceptors (Lipinski definition) is 13. The average molecular weight is 1830 g/mol. The number of ether oxygens (including phenoxy) is 3. The van der Waals surface area contributed by atoms with Crippen LogP contribution in [0.4, 0.5) is 4.79 Å². The van der Waals surface area contributed by atoms with Gasteiger partial charge in [-0.05, 0) is 428 Å². The summed E-state index contributed by atoms with van der Waals surface area (Å²) in [4.78, 5) is 71.4. The van der Waals surface area contributed by atoms with Crippen molar-refractivity contribution in [3.8, 4) is 23.0 Å². The molecule has 5 aromatic carbocycles. The molecule has 716 valence electrons. The van der Waals surface area contributed by atoms with Crippen molar-refractivity contribution in [1.82, 2.24) is 40.4 Å². The van der Waals surface area contributed by atoms with E-state index >= 15 is 0 Å². The molecule has 26 heteroatoms. The topological polar surface area (TPSA) is 206 Å². The van der Waals surface area contributed by atoms with Crippen LogP contribution in [0.15, 0.2) is 169 Å². The maximum atomic E-state index is 12.7. The Morgan fingerprint density at radius 3 is 1.18 bits per heavy atom. The summed E-state index contributed by atoms with van der Waals surface area (Å²) in [5, 5.41) is 30.5. The van der Waals surface area contributed by atoms with Crippen molar-refractivity contribution in [2.45, 2.75) is 254 Å². The first-order chi connectivity index (χ1) is 65.7. The molecular formula is C110H152B8N8O10. The van der Waals surface area contributed by atoms with Crippen LogP contribution in [0.25, 0.3) is 16.7 Å². The predicted molar refractivity (Wildman–Crippen MR) is 566 cm³/mol. The number of phenols is 2. The summed E-state index contributed by atoms with van der Waals surface area (Å²) in [5.74, 6) is 4.15. The van der Waals surface area contributed by atoms with Crippen LogP contribution in [-0.4, -0.2) is 241 Å².